The highest BCUT2D eigenvalue weighted by Gasteiger charge is 2.16. The first-order valence-corrected chi connectivity index (χ1v) is 9.06. The molecular weight excluding hydrogens is 382 g/mol. The first-order valence-electron chi connectivity index (χ1n) is 8.07. The molecule has 0 saturated heterocycles. The van der Waals surface area contributed by atoms with Gasteiger partial charge in [-0.05, 0) is 42.0 Å². The Balaban J connectivity index is 2.24. The third-order valence-electron chi connectivity index (χ3n) is 3.55. The summed E-state index contributed by atoms with van der Waals surface area (Å²) in [6.45, 7) is -0.104. The Bertz CT molecular complexity index is 936. The SMILES string of the molecule is COc1ccc(NC(=O)/C(C#N)=C/c2ccc(SCCO)c([N+](=O)[O-])c2)cc1. The number of thioether (sulfide) groups is 1. The normalized spacial score (nSPS) is 10.8. The zero-order chi connectivity index (χ0) is 20.5. The van der Waals surface area contributed by atoms with Gasteiger partial charge in [-0.2, -0.15) is 5.26 Å². The summed E-state index contributed by atoms with van der Waals surface area (Å²) in [4.78, 5) is 23.5. The van der Waals surface area contributed by atoms with Gasteiger partial charge >= 0.3 is 0 Å². The fourth-order valence-corrected chi connectivity index (χ4v) is 2.99. The first-order chi connectivity index (χ1) is 13.5. The maximum absolute atomic E-state index is 12.3. The number of nitriles is 1. The van der Waals surface area contributed by atoms with Crippen LogP contribution in [0.2, 0.25) is 0 Å². The summed E-state index contributed by atoms with van der Waals surface area (Å²) in [5, 5.41) is 32.1. The van der Waals surface area contributed by atoms with Crippen molar-refractivity contribution in [3.63, 3.8) is 0 Å². The lowest BCUT2D eigenvalue weighted by atomic mass is 10.1. The molecule has 0 heterocycles. The Labute approximate surface area is 165 Å². The minimum Gasteiger partial charge on any atom is -0.497 e. The van der Waals surface area contributed by atoms with E-state index in [4.69, 9.17) is 9.84 Å². The van der Waals surface area contributed by atoms with Gasteiger partial charge in [0, 0.05) is 17.5 Å². The average molecular weight is 399 g/mol. The van der Waals surface area contributed by atoms with Gasteiger partial charge in [0.2, 0.25) is 0 Å². The van der Waals surface area contributed by atoms with Crippen LogP contribution in [-0.2, 0) is 4.79 Å². The Hall–Kier alpha value is -3.35. The van der Waals surface area contributed by atoms with Crippen LogP contribution in [-0.4, -0.2) is 35.4 Å². The fourth-order valence-electron chi connectivity index (χ4n) is 2.23. The van der Waals surface area contributed by atoms with E-state index in [2.05, 4.69) is 5.32 Å². The molecule has 8 nitrogen and oxygen atoms in total. The molecule has 9 heteroatoms. The number of benzene rings is 2. The molecule has 1 amide bonds. The van der Waals surface area contributed by atoms with E-state index >= 15 is 0 Å². The average Bonchev–Trinajstić information content (AvgIpc) is 2.71. The van der Waals surface area contributed by atoms with Crippen LogP contribution in [0.5, 0.6) is 5.75 Å². The summed E-state index contributed by atoms with van der Waals surface area (Å²) in [5.41, 5.74) is 0.482. The number of methoxy groups -OCH3 is 1. The maximum Gasteiger partial charge on any atom is 0.283 e. The Morgan fingerprint density at radius 1 is 1.36 bits per heavy atom. The summed E-state index contributed by atoms with van der Waals surface area (Å²) >= 11 is 1.15. The van der Waals surface area contributed by atoms with Crippen LogP contribution >= 0.6 is 11.8 Å². The maximum atomic E-state index is 12.3. The Morgan fingerprint density at radius 3 is 2.64 bits per heavy atom. The number of aliphatic hydroxyl groups is 1. The van der Waals surface area contributed by atoms with E-state index in [9.17, 15) is 20.2 Å². The molecule has 2 N–H and O–H groups in total. The van der Waals surface area contributed by atoms with Gasteiger partial charge in [-0.3, -0.25) is 14.9 Å². The van der Waals surface area contributed by atoms with Gasteiger partial charge in [0.25, 0.3) is 11.6 Å². The molecule has 2 aromatic carbocycles. The van der Waals surface area contributed by atoms with Gasteiger partial charge in [-0.1, -0.05) is 6.07 Å². The number of carbonyl (C=O) groups is 1. The van der Waals surface area contributed by atoms with E-state index in [1.54, 1.807) is 36.4 Å². The molecule has 0 aliphatic carbocycles. The van der Waals surface area contributed by atoms with Crippen molar-refractivity contribution in [2.24, 2.45) is 0 Å². The molecule has 0 fully saturated rings. The summed E-state index contributed by atoms with van der Waals surface area (Å²) < 4.78 is 5.04. The van der Waals surface area contributed by atoms with Crippen LogP contribution < -0.4 is 10.1 Å². The smallest absolute Gasteiger partial charge is 0.283 e. The largest absolute Gasteiger partial charge is 0.497 e. The number of amides is 1. The number of nitrogens with one attached hydrogen (secondary N) is 1. The predicted octanol–water partition coefficient (Wildman–Crippen LogP) is 3.23. The number of nitro benzene ring substituents is 1. The van der Waals surface area contributed by atoms with Crippen LogP contribution in [0.1, 0.15) is 5.56 Å². The minimum absolute atomic E-state index is 0.104. The number of aliphatic hydroxyl groups excluding tert-OH is 1. The van der Waals surface area contributed by atoms with Gasteiger partial charge in [-0.25, -0.2) is 0 Å². The van der Waals surface area contributed by atoms with Crippen molar-refractivity contribution in [3.05, 3.63) is 63.7 Å². The zero-order valence-corrected chi connectivity index (χ0v) is 15.7. The number of ether oxygens (including phenoxy) is 1. The molecule has 2 aromatic rings. The first kappa shape index (κ1) is 21.0. The topological polar surface area (TPSA) is 125 Å². The molecule has 0 saturated carbocycles. The lowest BCUT2D eigenvalue weighted by Crippen LogP contribution is -2.13. The minimum atomic E-state index is -0.631. The van der Waals surface area contributed by atoms with E-state index in [-0.39, 0.29) is 17.9 Å². The number of carbonyl (C=O) groups excluding carboxylic acids is 1. The third-order valence-corrected chi connectivity index (χ3v) is 4.60. The van der Waals surface area contributed by atoms with Crippen molar-refractivity contribution in [1.82, 2.24) is 0 Å². The Kier molecular flexibility index (Phi) is 7.56. The van der Waals surface area contributed by atoms with Crippen LogP contribution in [0.4, 0.5) is 11.4 Å². The van der Waals surface area contributed by atoms with E-state index < -0.39 is 10.8 Å². The fraction of sp³-hybridized carbons (Fsp3) is 0.158. The van der Waals surface area contributed by atoms with E-state index in [1.807, 2.05) is 0 Å². The second-order valence-electron chi connectivity index (χ2n) is 5.41. The van der Waals surface area contributed by atoms with E-state index in [0.717, 1.165) is 11.8 Å². The monoisotopic (exact) mass is 399 g/mol. The van der Waals surface area contributed by atoms with Gasteiger partial charge in [0.15, 0.2) is 0 Å². The van der Waals surface area contributed by atoms with Crippen molar-refractivity contribution >= 4 is 35.1 Å². The lowest BCUT2D eigenvalue weighted by molar-refractivity contribution is -0.387. The van der Waals surface area contributed by atoms with Gasteiger partial charge in [0.1, 0.15) is 17.4 Å². The molecule has 144 valence electrons. The van der Waals surface area contributed by atoms with Gasteiger partial charge in [-0.15, -0.1) is 11.8 Å². The predicted molar refractivity (Wildman–Crippen MR) is 106 cm³/mol. The number of nitro groups is 1. The van der Waals surface area contributed by atoms with Crippen LogP contribution in [0.15, 0.2) is 52.9 Å². The summed E-state index contributed by atoms with van der Waals surface area (Å²) in [7, 11) is 1.52. The van der Waals surface area contributed by atoms with Gasteiger partial charge < -0.3 is 15.2 Å². The van der Waals surface area contributed by atoms with Crippen LogP contribution in [0.25, 0.3) is 6.08 Å². The molecule has 0 bridgehead atoms. The highest BCUT2D eigenvalue weighted by Crippen LogP contribution is 2.30. The summed E-state index contributed by atoms with van der Waals surface area (Å²) in [6.07, 6.45) is 1.28. The highest BCUT2D eigenvalue weighted by molar-refractivity contribution is 7.99. The number of rotatable bonds is 8. The number of nitrogens with zero attached hydrogens (tertiary/aromatic N) is 2. The number of anilines is 1. The molecule has 0 atom stereocenters. The van der Waals surface area contributed by atoms with Crippen molar-refractivity contribution in [1.29, 1.82) is 5.26 Å². The Morgan fingerprint density at radius 2 is 2.07 bits per heavy atom. The summed E-state index contributed by atoms with van der Waals surface area (Å²) in [6, 6.07) is 12.8. The number of hydrogen-bond acceptors (Lipinski definition) is 7. The summed E-state index contributed by atoms with van der Waals surface area (Å²) in [5.74, 6) is 0.318. The molecule has 0 radical (unpaired) electrons. The molecule has 2 rings (SSSR count). The number of hydrogen-bond donors (Lipinski definition) is 2. The van der Waals surface area contributed by atoms with E-state index in [1.165, 1.54) is 25.3 Å². The van der Waals surface area contributed by atoms with Crippen LogP contribution in [0.3, 0.4) is 0 Å². The highest BCUT2D eigenvalue weighted by atomic mass is 32.2. The van der Waals surface area contributed by atoms with Crippen LogP contribution in [0, 0.1) is 21.4 Å². The molecule has 0 aliphatic rings. The molecule has 0 aliphatic heterocycles. The molecular formula is C19H17N3O5S. The standard InChI is InChI=1S/C19H17N3O5S/c1-27-16-5-3-15(4-6-16)21-19(24)14(12-20)10-13-2-7-18(28-9-8-23)17(11-13)22(25)26/h2-7,10-11,23H,8-9H2,1H3,(H,21,24)/b14-10+. The van der Waals surface area contributed by atoms with Crippen molar-refractivity contribution in [2.75, 3.05) is 24.8 Å². The lowest BCUT2D eigenvalue weighted by Gasteiger charge is -2.06. The van der Waals surface area contributed by atoms with Crippen molar-refractivity contribution < 1.29 is 19.6 Å². The van der Waals surface area contributed by atoms with Crippen molar-refractivity contribution in [3.8, 4) is 11.8 Å². The molecule has 0 spiro atoms. The third kappa shape index (κ3) is 5.57. The van der Waals surface area contributed by atoms with Gasteiger partial charge in [0.05, 0.1) is 23.5 Å². The molecule has 0 aromatic heterocycles. The molecule has 0 unspecified atom stereocenters. The zero-order valence-electron chi connectivity index (χ0n) is 14.9. The molecule has 28 heavy (non-hydrogen) atoms. The van der Waals surface area contributed by atoms with Crippen molar-refractivity contribution in [2.45, 2.75) is 4.90 Å². The quantitative estimate of drug-likeness (QED) is 0.229. The second kappa shape index (κ2) is 10.1. The second-order valence-corrected chi connectivity index (χ2v) is 6.55. The van der Waals surface area contributed by atoms with E-state index in [0.29, 0.717) is 27.6 Å².